The van der Waals surface area contributed by atoms with Gasteiger partial charge in [0, 0.05) is 31.8 Å². The quantitative estimate of drug-likeness (QED) is 0.212. The second-order valence-corrected chi connectivity index (χ2v) is 4.90. The van der Waals surface area contributed by atoms with Crippen LogP contribution in [0.25, 0.3) is 0 Å². The van der Waals surface area contributed by atoms with E-state index in [1.807, 2.05) is 6.92 Å². The molecule has 18 heteroatoms. The first kappa shape index (κ1) is 37.0. The van der Waals surface area contributed by atoms with Gasteiger partial charge < -0.3 is 0 Å². The summed E-state index contributed by atoms with van der Waals surface area (Å²) in [5, 5.41) is 0. The average molecular weight is 600 g/mol. The van der Waals surface area contributed by atoms with Gasteiger partial charge in [0.1, 0.15) is 0 Å². The summed E-state index contributed by atoms with van der Waals surface area (Å²) in [6, 6.07) is 0. The summed E-state index contributed by atoms with van der Waals surface area (Å²) in [7, 11) is 0. The van der Waals surface area contributed by atoms with Crippen LogP contribution >= 0.6 is 0 Å². The van der Waals surface area contributed by atoms with Gasteiger partial charge in [-0.25, -0.2) is 0 Å². The standard InChI is InChI=1S/C10H4F17.2CH4.Sn.H2/c1-2-3(11,12)4(13,14)5(15,16)6(17,18)7(19,20)8(21,22)9(23,24)10(25,26)27;;;;/h1-2H2;2*1H4;;1H. The molecule has 0 spiro atoms. The molecule has 30 heavy (non-hydrogen) atoms. The molecule has 0 aliphatic heterocycles. The summed E-state index contributed by atoms with van der Waals surface area (Å²) < 4.78 is 215. The van der Waals surface area contributed by atoms with Crippen molar-refractivity contribution in [3.05, 3.63) is 6.92 Å². The molecular formula is C12H14F17Sn. The summed E-state index contributed by atoms with van der Waals surface area (Å²) in [5.74, 6) is -55.9. The molecule has 0 bridgehead atoms. The van der Waals surface area contributed by atoms with Crippen molar-refractivity contribution in [2.24, 2.45) is 0 Å². The molecule has 0 N–H and O–H groups in total. The Morgan fingerprint density at radius 1 is 0.433 bits per heavy atom. The zero-order chi connectivity index (χ0) is 22.7. The first-order valence-electron chi connectivity index (χ1n) is 5.82. The van der Waals surface area contributed by atoms with E-state index in [4.69, 9.17) is 0 Å². The molecule has 0 nitrogen and oxygen atoms in total. The fraction of sp³-hybridized carbons (Fsp3) is 0.917. The van der Waals surface area contributed by atoms with Crippen molar-refractivity contribution >= 4 is 23.9 Å². The zero-order valence-corrected chi connectivity index (χ0v) is 15.2. The molecule has 0 aliphatic carbocycles. The fourth-order valence-electron chi connectivity index (χ4n) is 1.35. The summed E-state index contributed by atoms with van der Waals surface area (Å²) in [6.07, 6.45) is -10.4. The summed E-state index contributed by atoms with van der Waals surface area (Å²) in [5.41, 5.74) is 0. The number of halogens is 17. The van der Waals surface area contributed by atoms with Gasteiger partial charge >= 0.3 is 47.6 Å². The van der Waals surface area contributed by atoms with E-state index < -0.39 is 54.1 Å². The van der Waals surface area contributed by atoms with Gasteiger partial charge in [-0.1, -0.05) is 14.9 Å². The number of rotatable bonds is 7. The van der Waals surface area contributed by atoms with Gasteiger partial charge in [0.05, 0.1) is 0 Å². The largest absolute Gasteiger partial charge is 0.460 e. The van der Waals surface area contributed by atoms with Crippen LogP contribution in [0.3, 0.4) is 0 Å². The van der Waals surface area contributed by atoms with E-state index in [0.29, 0.717) is 0 Å². The van der Waals surface area contributed by atoms with Gasteiger partial charge in [-0.2, -0.15) is 74.6 Å². The minimum atomic E-state index is -8.58. The Balaban J connectivity index is -0.000000563. The van der Waals surface area contributed by atoms with E-state index in [9.17, 15) is 74.6 Å². The van der Waals surface area contributed by atoms with Gasteiger partial charge in [-0.15, -0.1) is 0 Å². The first-order chi connectivity index (χ1) is 11.3. The SMILES string of the molecule is C.C.[CH2]CC(F)(F)C(F)(F)C(F)(F)C(F)(F)C(F)(F)C(F)(F)C(F)(F)C(F)(F)F.[HH].[Sn]. The Morgan fingerprint density at radius 3 is 0.833 bits per heavy atom. The molecule has 0 amide bonds. The van der Waals surface area contributed by atoms with Crippen LogP contribution in [0.4, 0.5) is 74.6 Å². The van der Waals surface area contributed by atoms with Crippen molar-refractivity contribution in [3.8, 4) is 0 Å². The van der Waals surface area contributed by atoms with Crippen LogP contribution < -0.4 is 0 Å². The molecule has 0 aromatic heterocycles. The number of hydrogen-bond donors (Lipinski definition) is 0. The summed E-state index contributed by atoms with van der Waals surface area (Å²) in [6.45, 7) is 1.89. The van der Waals surface area contributed by atoms with Gasteiger partial charge in [0.25, 0.3) is 0 Å². The zero-order valence-electron chi connectivity index (χ0n) is 12.3. The number of alkyl halides is 17. The van der Waals surface area contributed by atoms with Crippen LogP contribution in [0.1, 0.15) is 22.7 Å². The van der Waals surface area contributed by atoms with Crippen molar-refractivity contribution < 1.29 is 76.1 Å². The van der Waals surface area contributed by atoms with Gasteiger partial charge in [-0.3, -0.25) is 0 Å². The topological polar surface area (TPSA) is 0 Å². The monoisotopic (exact) mass is 601 g/mol. The fourth-order valence-corrected chi connectivity index (χ4v) is 1.35. The maximum Gasteiger partial charge on any atom is 0.460 e. The molecule has 0 fully saturated rings. The minimum Gasteiger partial charge on any atom is -0.200 e. The van der Waals surface area contributed by atoms with E-state index in [2.05, 4.69) is 0 Å². The third-order valence-corrected chi connectivity index (χ3v) is 3.10. The second kappa shape index (κ2) is 9.23. The van der Waals surface area contributed by atoms with E-state index in [1.54, 1.807) is 0 Å². The van der Waals surface area contributed by atoms with Crippen LogP contribution in [0.5, 0.6) is 0 Å². The van der Waals surface area contributed by atoms with Gasteiger partial charge in [0.15, 0.2) is 0 Å². The molecule has 185 valence electrons. The van der Waals surface area contributed by atoms with Crippen molar-refractivity contribution in [3.63, 3.8) is 0 Å². The Bertz CT molecular complexity index is 554. The third-order valence-electron chi connectivity index (χ3n) is 3.10. The molecule has 0 unspecified atom stereocenters. The van der Waals surface area contributed by atoms with Crippen LogP contribution in [0.2, 0.25) is 0 Å². The smallest absolute Gasteiger partial charge is 0.200 e. The maximum absolute atomic E-state index is 13.0. The third kappa shape index (κ3) is 4.54. The Labute approximate surface area is 176 Å². The Hall–Kier alpha value is -0.391. The molecule has 0 rings (SSSR count). The Kier molecular flexibility index (Phi) is 11.4. The first-order valence-corrected chi connectivity index (χ1v) is 5.82. The van der Waals surface area contributed by atoms with Crippen molar-refractivity contribution in [2.45, 2.75) is 68.9 Å². The van der Waals surface area contributed by atoms with Gasteiger partial charge in [0.2, 0.25) is 0 Å². The molecule has 0 aliphatic rings. The molecule has 0 saturated heterocycles. The molecule has 0 heterocycles. The molecular weight excluding hydrogens is 586 g/mol. The molecule has 0 saturated carbocycles. The van der Waals surface area contributed by atoms with E-state index in [0.717, 1.165) is 0 Å². The van der Waals surface area contributed by atoms with Crippen molar-refractivity contribution in [1.29, 1.82) is 0 Å². The maximum atomic E-state index is 13.0. The molecule has 0 atom stereocenters. The predicted molar refractivity (Wildman–Crippen MR) is 72.0 cm³/mol. The summed E-state index contributed by atoms with van der Waals surface area (Å²) >= 11 is 0. The minimum absolute atomic E-state index is 0. The number of hydrogen-bond acceptors (Lipinski definition) is 0. The average Bonchev–Trinajstić information content (AvgIpc) is 2.44. The van der Waals surface area contributed by atoms with E-state index >= 15 is 0 Å². The van der Waals surface area contributed by atoms with Crippen LogP contribution in [0.15, 0.2) is 0 Å². The second-order valence-electron chi connectivity index (χ2n) is 4.90. The summed E-state index contributed by atoms with van der Waals surface area (Å²) in [4.78, 5) is 0. The van der Waals surface area contributed by atoms with Crippen molar-refractivity contribution in [1.82, 2.24) is 0 Å². The molecule has 0 aromatic carbocycles. The van der Waals surface area contributed by atoms with E-state index in [-0.39, 0.29) is 40.2 Å². The van der Waals surface area contributed by atoms with Crippen LogP contribution in [0, 0.1) is 6.92 Å². The van der Waals surface area contributed by atoms with Gasteiger partial charge in [-0.05, 0) is 6.92 Å². The van der Waals surface area contributed by atoms with E-state index in [1.165, 1.54) is 0 Å². The Morgan fingerprint density at radius 2 is 0.633 bits per heavy atom. The normalized spacial score (nSPS) is 15.0. The molecule has 0 aromatic rings. The van der Waals surface area contributed by atoms with Crippen molar-refractivity contribution in [2.75, 3.05) is 0 Å². The predicted octanol–water partition coefficient (Wildman–Crippen LogP) is 7.36. The molecule has 5 radical (unpaired) electrons. The van der Waals surface area contributed by atoms with Crippen LogP contribution in [-0.4, -0.2) is 71.5 Å². The van der Waals surface area contributed by atoms with Crippen LogP contribution in [-0.2, 0) is 0 Å².